The van der Waals surface area contributed by atoms with Crippen molar-refractivity contribution in [2.45, 2.75) is 6.73 Å². The molecular weight excluding hydrogens is 278 g/mol. The van der Waals surface area contributed by atoms with Gasteiger partial charge in [-0.25, -0.2) is 8.78 Å². The van der Waals surface area contributed by atoms with E-state index in [2.05, 4.69) is 0 Å². The Kier molecular flexibility index (Phi) is 3.55. The number of anilines is 1. The molecule has 4 nitrogen and oxygen atoms in total. The molecule has 0 amide bonds. The fourth-order valence-corrected chi connectivity index (χ4v) is 2.01. The molecule has 100 valence electrons. The lowest BCUT2D eigenvalue weighted by Crippen LogP contribution is -2.24. The van der Waals surface area contributed by atoms with Gasteiger partial charge in [0.15, 0.2) is 0 Å². The van der Waals surface area contributed by atoms with E-state index in [0.717, 1.165) is 18.2 Å². The van der Waals surface area contributed by atoms with Crippen LogP contribution in [-0.4, -0.2) is 9.67 Å². The Balaban J connectivity index is 2.90. The summed E-state index contributed by atoms with van der Waals surface area (Å²) in [5.41, 5.74) is 4.03. The van der Waals surface area contributed by atoms with E-state index < -0.39 is 29.5 Å². The molecule has 0 radical (unpaired) electrons. The van der Waals surface area contributed by atoms with Crippen molar-refractivity contribution in [2.75, 3.05) is 5.73 Å². The molecule has 0 bridgehead atoms. The van der Waals surface area contributed by atoms with E-state index in [0.29, 0.717) is 4.57 Å². The summed E-state index contributed by atoms with van der Waals surface area (Å²) < 4.78 is 28.2. The van der Waals surface area contributed by atoms with E-state index in [1.165, 1.54) is 6.07 Å². The van der Waals surface area contributed by atoms with E-state index in [4.69, 9.17) is 17.3 Å². The van der Waals surface area contributed by atoms with Crippen molar-refractivity contribution in [1.82, 2.24) is 4.57 Å². The summed E-state index contributed by atoms with van der Waals surface area (Å²) in [6.07, 6.45) is 0. The number of pyridine rings is 1. The second kappa shape index (κ2) is 4.99. The predicted molar refractivity (Wildman–Crippen MR) is 67.7 cm³/mol. The number of hydrogen-bond donors (Lipinski definition) is 2. The van der Waals surface area contributed by atoms with Crippen molar-refractivity contribution in [3.8, 4) is 11.3 Å². The lowest BCUT2D eigenvalue weighted by atomic mass is 10.1. The van der Waals surface area contributed by atoms with Crippen LogP contribution < -0.4 is 11.3 Å². The third-order valence-electron chi connectivity index (χ3n) is 2.62. The zero-order valence-corrected chi connectivity index (χ0v) is 10.3. The quantitative estimate of drug-likeness (QED) is 0.887. The minimum Gasteiger partial charge on any atom is -0.397 e. The zero-order chi connectivity index (χ0) is 14.2. The first-order chi connectivity index (χ1) is 8.97. The molecule has 1 aromatic carbocycles. The van der Waals surface area contributed by atoms with E-state index in [1.54, 1.807) is 0 Å². The molecule has 0 unspecified atom stereocenters. The number of halogens is 3. The molecule has 2 aromatic rings. The average Bonchev–Trinajstić information content (AvgIpc) is 2.35. The van der Waals surface area contributed by atoms with Gasteiger partial charge in [0.2, 0.25) is 0 Å². The monoisotopic (exact) mass is 286 g/mol. The first kappa shape index (κ1) is 13.5. The van der Waals surface area contributed by atoms with Gasteiger partial charge in [0.1, 0.15) is 23.4 Å². The molecule has 0 aliphatic rings. The van der Waals surface area contributed by atoms with E-state index in [-0.39, 0.29) is 16.4 Å². The predicted octanol–water partition coefficient (Wildman–Crippen LogP) is 1.98. The van der Waals surface area contributed by atoms with Crippen LogP contribution in [0.15, 0.2) is 29.1 Å². The van der Waals surface area contributed by atoms with Crippen LogP contribution in [0, 0.1) is 11.6 Å². The van der Waals surface area contributed by atoms with Crippen molar-refractivity contribution >= 4 is 17.3 Å². The summed E-state index contributed by atoms with van der Waals surface area (Å²) >= 11 is 5.62. The molecule has 0 saturated carbocycles. The summed E-state index contributed by atoms with van der Waals surface area (Å²) in [5.74, 6) is -1.79. The highest BCUT2D eigenvalue weighted by Gasteiger charge is 2.19. The highest BCUT2D eigenvalue weighted by molar-refractivity contribution is 6.30. The van der Waals surface area contributed by atoms with Gasteiger partial charge in [0, 0.05) is 0 Å². The number of nitrogen functional groups attached to an aromatic ring is 1. The second-order valence-electron chi connectivity index (χ2n) is 3.77. The van der Waals surface area contributed by atoms with Gasteiger partial charge in [-0.3, -0.25) is 9.36 Å². The highest BCUT2D eigenvalue weighted by Crippen LogP contribution is 2.30. The summed E-state index contributed by atoms with van der Waals surface area (Å²) in [7, 11) is 0. The number of aromatic nitrogens is 1. The van der Waals surface area contributed by atoms with E-state index in [9.17, 15) is 18.7 Å². The van der Waals surface area contributed by atoms with Gasteiger partial charge in [-0.1, -0.05) is 17.7 Å². The Bertz CT molecular complexity index is 681. The molecule has 0 aliphatic heterocycles. The Morgan fingerprint density at radius 3 is 2.42 bits per heavy atom. The van der Waals surface area contributed by atoms with Gasteiger partial charge in [-0.2, -0.15) is 0 Å². The summed E-state index contributed by atoms with van der Waals surface area (Å²) in [4.78, 5) is 11.7. The number of aliphatic hydroxyl groups excluding tert-OH is 1. The number of nitrogens with zero attached hydrogens (tertiary/aromatic N) is 1. The molecule has 3 N–H and O–H groups in total. The largest absolute Gasteiger partial charge is 0.397 e. The summed E-state index contributed by atoms with van der Waals surface area (Å²) in [5, 5.41) is 8.95. The van der Waals surface area contributed by atoms with Crippen LogP contribution in [0.2, 0.25) is 5.02 Å². The number of nitrogens with two attached hydrogens (primary N) is 1. The van der Waals surface area contributed by atoms with Gasteiger partial charge < -0.3 is 10.8 Å². The molecule has 0 atom stereocenters. The molecule has 2 rings (SSSR count). The standard InChI is InChI=1S/C12H9ClF2N2O2/c13-6-4-9(16)11(17(5-18)12(6)19)10-7(14)2-1-3-8(10)15/h1-4,18H,5,16H2. The van der Waals surface area contributed by atoms with Crippen LogP contribution in [-0.2, 0) is 6.73 Å². The van der Waals surface area contributed by atoms with Crippen molar-refractivity contribution in [3.63, 3.8) is 0 Å². The van der Waals surface area contributed by atoms with Crippen molar-refractivity contribution in [3.05, 3.63) is 51.3 Å². The molecule has 1 aromatic heterocycles. The number of aliphatic hydroxyl groups is 1. The highest BCUT2D eigenvalue weighted by atomic mass is 35.5. The Morgan fingerprint density at radius 2 is 1.89 bits per heavy atom. The van der Waals surface area contributed by atoms with Gasteiger partial charge >= 0.3 is 0 Å². The molecule has 0 saturated heterocycles. The fourth-order valence-electron chi connectivity index (χ4n) is 1.79. The van der Waals surface area contributed by atoms with E-state index in [1.807, 2.05) is 0 Å². The maximum atomic E-state index is 13.7. The van der Waals surface area contributed by atoms with Crippen LogP contribution in [0.1, 0.15) is 0 Å². The fraction of sp³-hybridized carbons (Fsp3) is 0.0833. The van der Waals surface area contributed by atoms with Crippen LogP contribution in [0.3, 0.4) is 0 Å². The summed E-state index contributed by atoms with van der Waals surface area (Å²) in [6.45, 7) is -0.799. The number of rotatable bonds is 2. The number of benzene rings is 1. The third kappa shape index (κ3) is 2.20. The topological polar surface area (TPSA) is 68.2 Å². The minimum absolute atomic E-state index is 0.109. The first-order valence-corrected chi connectivity index (χ1v) is 5.59. The SMILES string of the molecule is Nc1cc(Cl)c(=O)n(CO)c1-c1c(F)cccc1F. The normalized spacial score (nSPS) is 10.7. The maximum Gasteiger partial charge on any atom is 0.271 e. The van der Waals surface area contributed by atoms with Gasteiger partial charge in [0.05, 0.1) is 16.9 Å². The van der Waals surface area contributed by atoms with Gasteiger partial charge in [-0.15, -0.1) is 0 Å². The Labute approximate surface area is 111 Å². The lowest BCUT2D eigenvalue weighted by Gasteiger charge is -2.15. The van der Waals surface area contributed by atoms with E-state index >= 15 is 0 Å². The molecule has 0 aliphatic carbocycles. The van der Waals surface area contributed by atoms with Crippen LogP contribution in [0.25, 0.3) is 11.3 Å². The van der Waals surface area contributed by atoms with Crippen LogP contribution in [0.4, 0.5) is 14.5 Å². The third-order valence-corrected chi connectivity index (χ3v) is 2.89. The molecular formula is C12H9ClF2N2O2. The summed E-state index contributed by atoms with van der Waals surface area (Å²) in [6, 6.07) is 4.33. The van der Waals surface area contributed by atoms with Crippen LogP contribution in [0.5, 0.6) is 0 Å². The Hall–Kier alpha value is -1.92. The van der Waals surface area contributed by atoms with Crippen molar-refractivity contribution < 1.29 is 13.9 Å². The molecule has 7 heteroatoms. The van der Waals surface area contributed by atoms with Crippen molar-refractivity contribution in [2.24, 2.45) is 0 Å². The molecule has 1 heterocycles. The Morgan fingerprint density at radius 1 is 1.32 bits per heavy atom. The number of hydrogen-bond acceptors (Lipinski definition) is 3. The lowest BCUT2D eigenvalue weighted by molar-refractivity contribution is 0.208. The minimum atomic E-state index is -0.893. The smallest absolute Gasteiger partial charge is 0.271 e. The second-order valence-corrected chi connectivity index (χ2v) is 4.17. The average molecular weight is 287 g/mol. The molecule has 19 heavy (non-hydrogen) atoms. The van der Waals surface area contributed by atoms with Gasteiger partial charge in [0.25, 0.3) is 5.56 Å². The zero-order valence-electron chi connectivity index (χ0n) is 9.53. The molecule has 0 spiro atoms. The maximum absolute atomic E-state index is 13.7. The van der Waals surface area contributed by atoms with Gasteiger partial charge in [-0.05, 0) is 18.2 Å². The van der Waals surface area contributed by atoms with Crippen LogP contribution >= 0.6 is 11.6 Å². The van der Waals surface area contributed by atoms with Crippen molar-refractivity contribution in [1.29, 1.82) is 0 Å². The molecule has 0 fully saturated rings. The first-order valence-electron chi connectivity index (χ1n) is 5.21.